The zero-order valence-corrected chi connectivity index (χ0v) is 17.3. The monoisotopic (exact) mass is 415 g/mol. The molecule has 2 aromatic rings. The molecule has 2 rings (SSSR count). The third kappa shape index (κ3) is 5.34. The molecule has 0 unspecified atom stereocenters. The van der Waals surface area contributed by atoms with Crippen LogP contribution in [0.25, 0.3) is 10.8 Å². The van der Waals surface area contributed by atoms with Gasteiger partial charge >= 0.3 is 17.9 Å². The van der Waals surface area contributed by atoms with Crippen LogP contribution in [0.4, 0.5) is 0 Å². The van der Waals surface area contributed by atoms with Gasteiger partial charge in [0, 0.05) is 5.92 Å². The SMILES string of the molecule is COC(=O)C(C(=O)OC)[C@@H](C)[C@@H](NC(=O)Cc1ccc2ccccc2c1)C(=O)OC. The van der Waals surface area contributed by atoms with Gasteiger partial charge in [-0.25, -0.2) is 4.79 Å². The van der Waals surface area contributed by atoms with E-state index >= 15 is 0 Å². The number of hydrogen-bond donors (Lipinski definition) is 1. The second kappa shape index (κ2) is 10.4. The Bertz CT molecular complexity index is 924. The number of esters is 3. The third-order valence-electron chi connectivity index (χ3n) is 4.91. The quantitative estimate of drug-likeness (QED) is 0.397. The predicted molar refractivity (Wildman–Crippen MR) is 108 cm³/mol. The molecule has 0 saturated heterocycles. The molecule has 160 valence electrons. The van der Waals surface area contributed by atoms with E-state index in [0.29, 0.717) is 0 Å². The highest BCUT2D eigenvalue weighted by Gasteiger charge is 2.42. The number of benzene rings is 2. The molecule has 1 N–H and O–H groups in total. The number of hydrogen-bond acceptors (Lipinski definition) is 7. The maximum Gasteiger partial charge on any atom is 0.328 e. The van der Waals surface area contributed by atoms with E-state index in [-0.39, 0.29) is 6.42 Å². The van der Waals surface area contributed by atoms with Gasteiger partial charge in [0.25, 0.3) is 0 Å². The fourth-order valence-corrected chi connectivity index (χ4v) is 3.26. The van der Waals surface area contributed by atoms with Crippen LogP contribution in [0.5, 0.6) is 0 Å². The molecule has 0 heterocycles. The van der Waals surface area contributed by atoms with E-state index in [1.54, 1.807) is 0 Å². The Morgan fingerprint density at radius 1 is 0.833 bits per heavy atom. The van der Waals surface area contributed by atoms with Gasteiger partial charge in [-0.15, -0.1) is 0 Å². The second-order valence-electron chi connectivity index (χ2n) is 6.81. The summed E-state index contributed by atoms with van der Waals surface area (Å²) in [6.45, 7) is 1.47. The Morgan fingerprint density at radius 2 is 1.40 bits per heavy atom. The lowest BCUT2D eigenvalue weighted by atomic mass is 9.87. The topological polar surface area (TPSA) is 108 Å². The molecule has 30 heavy (non-hydrogen) atoms. The molecule has 0 aromatic heterocycles. The number of carbonyl (C=O) groups is 4. The second-order valence-corrected chi connectivity index (χ2v) is 6.81. The fourth-order valence-electron chi connectivity index (χ4n) is 3.26. The summed E-state index contributed by atoms with van der Waals surface area (Å²) in [5, 5.41) is 4.60. The number of ether oxygens (including phenoxy) is 3. The molecular weight excluding hydrogens is 390 g/mol. The standard InChI is InChI=1S/C22H25NO7/c1-13(18(20(25)28-2)21(26)29-3)19(22(27)30-4)23-17(24)12-14-9-10-15-7-5-6-8-16(15)11-14/h5-11,13,18-19H,12H2,1-4H3,(H,23,24)/t13-,19-/m1/s1. The molecule has 0 bridgehead atoms. The summed E-state index contributed by atoms with van der Waals surface area (Å²) >= 11 is 0. The van der Waals surface area contributed by atoms with E-state index in [1.165, 1.54) is 6.92 Å². The van der Waals surface area contributed by atoms with Crippen LogP contribution < -0.4 is 5.32 Å². The minimum atomic E-state index is -1.40. The summed E-state index contributed by atoms with van der Waals surface area (Å²) < 4.78 is 14.1. The van der Waals surface area contributed by atoms with Gasteiger partial charge in [-0.1, -0.05) is 49.4 Å². The fraction of sp³-hybridized carbons (Fsp3) is 0.364. The Hall–Kier alpha value is -3.42. The van der Waals surface area contributed by atoms with E-state index < -0.39 is 41.7 Å². The van der Waals surface area contributed by atoms with Crippen LogP contribution in [-0.2, 0) is 39.8 Å². The number of fused-ring (bicyclic) bond motifs is 1. The van der Waals surface area contributed by atoms with Crippen molar-refractivity contribution >= 4 is 34.6 Å². The Kier molecular flexibility index (Phi) is 7.91. The average molecular weight is 415 g/mol. The number of carbonyl (C=O) groups excluding carboxylic acids is 4. The van der Waals surface area contributed by atoms with Gasteiger partial charge in [-0.05, 0) is 16.3 Å². The summed E-state index contributed by atoms with van der Waals surface area (Å²) in [4.78, 5) is 49.1. The summed E-state index contributed by atoms with van der Waals surface area (Å²) in [6, 6.07) is 12.1. The largest absolute Gasteiger partial charge is 0.468 e. The van der Waals surface area contributed by atoms with E-state index in [1.807, 2.05) is 42.5 Å². The van der Waals surface area contributed by atoms with Crippen molar-refractivity contribution in [2.24, 2.45) is 11.8 Å². The van der Waals surface area contributed by atoms with Gasteiger partial charge < -0.3 is 19.5 Å². The minimum Gasteiger partial charge on any atom is -0.468 e. The van der Waals surface area contributed by atoms with Gasteiger partial charge in [0.1, 0.15) is 6.04 Å². The first-order chi connectivity index (χ1) is 14.3. The van der Waals surface area contributed by atoms with Gasteiger partial charge in [-0.2, -0.15) is 0 Å². The van der Waals surface area contributed by atoms with Crippen molar-refractivity contribution in [3.05, 3.63) is 48.0 Å². The van der Waals surface area contributed by atoms with Crippen molar-refractivity contribution in [3.8, 4) is 0 Å². The molecule has 8 nitrogen and oxygen atoms in total. The lowest BCUT2D eigenvalue weighted by molar-refractivity contribution is -0.163. The molecule has 0 fully saturated rings. The van der Waals surface area contributed by atoms with E-state index in [0.717, 1.165) is 37.7 Å². The van der Waals surface area contributed by atoms with E-state index in [4.69, 9.17) is 4.74 Å². The summed E-state index contributed by atoms with van der Waals surface area (Å²) in [5.74, 6) is -5.34. The molecule has 0 aliphatic heterocycles. The molecule has 0 radical (unpaired) electrons. The molecule has 1 amide bonds. The third-order valence-corrected chi connectivity index (χ3v) is 4.91. The number of methoxy groups -OCH3 is 3. The molecule has 8 heteroatoms. The van der Waals surface area contributed by atoms with Crippen molar-refractivity contribution in [1.82, 2.24) is 5.32 Å². The zero-order valence-electron chi connectivity index (χ0n) is 17.3. The molecule has 2 aromatic carbocycles. The van der Waals surface area contributed by atoms with Crippen LogP contribution in [0.3, 0.4) is 0 Å². The molecule has 0 saturated carbocycles. The molecule has 2 atom stereocenters. The van der Waals surface area contributed by atoms with Crippen LogP contribution in [-0.4, -0.2) is 51.2 Å². The maximum atomic E-state index is 12.6. The summed E-state index contributed by atoms with van der Waals surface area (Å²) in [7, 11) is 3.40. The van der Waals surface area contributed by atoms with Gasteiger partial charge in [0.05, 0.1) is 27.8 Å². The summed E-state index contributed by atoms with van der Waals surface area (Å²) in [6.07, 6.45) is 0.00611. The Balaban J connectivity index is 2.21. The van der Waals surface area contributed by atoms with Crippen LogP contribution in [0.15, 0.2) is 42.5 Å². The van der Waals surface area contributed by atoms with Crippen LogP contribution in [0.1, 0.15) is 12.5 Å². The van der Waals surface area contributed by atoms with Crippen molar-refractivity contribution in [2.75, 3.05) is 21.3 Å². The van der Waals surface area contributed by atoms with Crippen molar-refractivity contribution < 1.29 is 33.4 Å². The smallest absolute Gasteiger partial charge is 0.328 e. The predicted octanol–water partition coefficient (Wildman–Crippen LogP) is 1.64. The summed E-state index contributed by atoms with van der Waals surface area (Å²) in [5.41, 5.74) is 0.750. The highest BCUT2D eigenvalue weighted by molar-refractivity contribution is 5.96. The molecular formula is C22H25NO7. The van der Waals surface area contributed by atoms with Crippen molar-refractivity contribution in [1.29, 1.82) is 0 Å². The number of rotatable bonds is 8. The lowest BCUT2D eigenvalue weighted by Gasteiger charge is -2.27. The van der Waals surface area contributed by atoms with E-state index in [2.05, 4.69) is 14.8 Å². The number of nitrogens with one attached hydrogen (secondary N) is 1. The highest BCUT2D eigenvalue weighted by Crippen LogP contribution is 2.21. The van der Waals surface area contributed by atoms with Crippen LogP contribution >= 0.6 is 0 Å². The lowest BCUT2D eigenvalue weighted by Crippen LogP contribution is -2.51. The first-order valence-corrected chi connectivity index (χ1v) is 9.32. The molecule has 0 aliphatic carbocycles. The number of amides is 1. The van der Waals surface area contributed by atoms with E-state index in [9.17, 15) is 19.2 Å². The minimum absolute atomic E-state index is 0.00611. The Labute approximate surface area is 174 Å². The zero-order chi connectivity index (χ0) is 22.3. The Morgan fingerprint density at radius 3 is 1.97 bits per heavy atom. The van der Waals surface area contributed by atoms with Crippen molar-refractivity contribution in [2.45, 2.75) is 19.4 Å². The normalized spacial score (nSPS) is 12.7. The first-order valence-electron chi connectivity index (χ1n) is 9.32. The van der Waals surface area contributed by atoms with Crippen LogP contribution in [0.2, 0.25) is 0 Å². The van der Waals surface area contributed by atoms with Gasteiger partial charge in [0.15, 0.2) is 5.92 Å². The van der Waals surface area contributed by atoms with Gasteiger partial charge in [0.2, 0.25) is 5.91 Å². The first kappa shape index (κ1) is 22.9. The maximum absolute atomic E-state index is 12.6. The van der Waals surface area contributed by atoms with Crippen molar-refractivity contribution in [3.63, 3.8) is 0 Å². The van der Waals surface area contributed by atoms with Crippen LogP contribution in [0, 0.1) is 11.8 Å². The molecule has 0 spiro atoms. The highest BCUT2D eigenvalue weighted by atomic mass is 16.5. The van der Waals surface area contributed by atoms with Gasteiger partial charge in [-0.3, -0.25) is 14.4 Å². The average Bonchev–Trinajstić information content (AvgIpc) is 2.76. The molecule has 0 aliphatic rings.